The van der Waals surface area contributed by atoms with E-state index in [1.807, 2.05) is 30.3 Å². The minimum atomic E-state index is -0.334. The lowest BCUT2D eigenvalue weighted by Gasteiger charge is -2.26. The van der Waals surface area contributed by atoms with Crippen LogP contribution in [0.4, 0.5) is 4.39 Å². The summed E-state index contributed by atoms with van der Waals surface area (Å²) in [7, 11) is 4.11. The van der Waals surface area contributed by atoms with Crippen LogP contribution >= 0.6 is 28.1 Å². The molecule has 5 nitrogen and oxygen atoms in total. The lowest BCUT2D eigenvalue weighted by atomic mass is 10.0. The van der Waals surface area contributed by atoms with Crippen molar-refractivity contribution in [3.8, 4) is 11.3 Å². The van der Waals surface area contributed by atoms with Gasteiger partial charge in [0.15, 0.2) is 5.11 Å². The summed E-state index contributed by atoms with van der Waals surface area (Å²) in [6.45, 7) is 1.73. The number of nitrogens with one attached hydrogen (secondary N) is 1. The molecule has 3 aromatic rings. The Labute approximate surface area is 195 Å². The molecule has 0 spiro atoms. The largest absolute Gasteiger partial charge is 0.459 e. The molecule has 0 amide bonds. The first-order valence-electron chi connectivity index (χ1n) is 10.1. The Morgan fingerprint density at radius 3 is 2.77 bits per heavy atom. The monoisotopic (exact) mass is 502 g/mol. The third kappa shape index (κ3) is 4.81. The lowest BCUT2D eigenvalue weighted by Crippen LogP contribution is -2.32. The fraction of sp³-hybridized carbons (Fsp3) is 0.304. The summed E-state index contributed by atoms with van der Waals surface area (Å²) in [6.07, 6.45) is 2.73. The zero-order valence-corrected chi connectivity index (χ0v) is 19.8. The molecule has 31 heavy (non-hydrogen) atoms. The van der Waals surface area contributed by atoms with Gasteiger partial charge in [-0.05, 0) is 81.7 Å². The van der Waals surface area contributed by atoms with Gasteiger partial charge in [-0.1, -0.05) is 22.0 Å². The van der Waals surface area contributed by atoms with Crippen LogP contribution in [0.3, 0.4) is 0 Å². The number of hydrogen-bond acceptors (Lipinski definition) is 4. The predicted octanol–water partition coefficient (Wildman–Crippen LogP) is 5.17. The molecule has 2 atom stereocenters. The van der Waals surface area contributed by atoms with Gasteiger partial charge in [0.05, 0.1) is 17.3 Å². The van der Waals surface area contributed by atoms with Crippen molar-refractivity contribution in [1.29, 1.82) is 0 Å². The average molecular weight is 503 g/mol. The van der Waals surface area contributed by atoms with Crippen LogP contribution in [-0.4, -0.2) is 47.1 Å². The van der Waals surface area contributed by atoms with Gasteiger partial charge in [-0.15, -0.1) is 0 Å². The van der Waals surface area contributed by atoms with E-state index in [0.717, 1.165) is 31.0 Å². The summed E-state index contributed by atoms with van der Waals surface area (Å²) in [5, 5.41) is 4.09. The van der Waals surface area contributed by atoms with E-state index >= 15 is 0 Å². The Morgan fingerprint density at radius 1 is 1.23 bits per heavy atom. The molecule has 0 unspecified atom stereocenters. The van der Waals surface area contributed by atoms with Crippen molar-refractivity contribution >= 4 is 33.3 Å². The van der Waals surface area contributed by atoms with Crippen LogP contribution in [0.5, 0.6) is 0 Å². The van der Waals surface area contributed by atoms with Gasteiger partial charge in [0.25, 0.3) is 0 Å². The van der Waals surface area contributed by atoms with E-state index in [-0.39, 0.29) is 17.9 Å². The fourth-order valence-electron chi connectivity index (χ4n) is 3.86. The maximum Gasteiger partial charge on any atom is 0.170 e. The average Bonchev–Trinajstić information content (AvgIpc) is 3.33. The molecule has 8 heteroatoms. The number of hydrogen-bond donors (Lipinski definition) is 1. The standard InChI is InChI=1S/C23H24BrFN4OS/c1-28(2)12-5-13-29-22(21(27-23(29)31)18-6-3-4-11-26-18)20-10-9-19(30-20)16-8-7-15(24)14-17(16)25/h3-4,6-11,14,21-22H,5,12-13H2,1-2H3,(H,27,31)/t21-,22-/m0/s1. The third-order valence-electron chi connectivity index (χ3n) is 5.32. The van der Waals surface area contributed by atoms with E-state index in [9.17, 15) is 4.39 Å². The first-order chi connectivity index (χ1) is 14.9. The number of nitrogens with zero attached hydrogens (tertiary/aromatic N) is 3. The summed E-state index contributed by atoms with van der Waals surface area (Å²) in [5.74, 6) is 0.885. The summed E-state index contributed by atoms with van der Waals surface area (Å²) in [6, 6.07) is 14.2. The number of halogens is 2. The number of benzene rings is 1. The first-order valence-corrected chi connectivity index (χ1v) is 11.3. The van der Waals surface area contributed by atoms with Crippen molar-refractivity contribution in [2.75, 3.05) is 27.2 Å². The van der Waals surface area contributed by atoms with Gasteiger partial charge in [0.2, 0.25) is 0 Å². The molecule has 1 aliphatic rings. The molecule has 0 saturated carbocycles. The van der Waals surface area contributed by atoms with E-state index < -0.39 is 0 Å². The number of aromatic nitrogens is 1. The molecule has 0 bridgehead atoms. The van der Waals surface area contributed by atoms with Crippen molar-refractivity contribution in [3.63, 3.8) is 0 Å². The van der Waals surface area contributed by atoms with Gasteiger partial charge in [0, 0.05) is 17.2 Å². The van der Waals surface area contributed by atoms with Crippen LogP contribution in [0, 0.1) is 5.82 Å². The van der Waals surface area contributed by atoms with Gasteiger partial charge in [-0.2, -0.15) is 0 Å². The van der Waals surface area contributed by atoms with E-state index in [4.69, 9.17) is 16.6 Å². The van der Waals surface area contributed by atoms with Crippen molar-refractivity contribution in [2.24, 2.45) is 0 Å². The van der Waals surface area contributed by atoms with Gasteiger partial charge in [-0.25, -0.2) is 4.39 Å². The fourth-order valence-corrected chi connectivity index (χ4v) is 4.52. The SMILES string of the molecule is CN(C)CCCN1C(=S)N[C@@H](c2ccccn2)[C@@H]1c1ccc(-c2ccc(Br)cc2F)o1. The Bertz CT molecular complexity index is 1060. The lowest BCUT2D eigenvalue weighted by molar-refractivity contribution is 0.261. The van der Waals surface area contributed by atoms with Crippen LogP contribution in [0.15, 0.2) is 63.6 Å². The van der Waals surface area contributed by atoms with Gasteiger partial charge in [0.1, 0.15) is 23.4 Å². The first kappa shape index (κ1) is 21.9. The second-order valence-electron chi connectivity index (χ2n) is 7.80. The van der Waals surface area contributed by atoms with Crippen LogP contribution < -0.4 is 5.32 Å². The second kappa shape index (κ2) is 9.46. The van der Waals surface area contributed by atoms with Crippen molar-refractivity contribution in [2.45, 2.75) is 18.5 Å². The highest BCUT2D eigenvalue weighted by molar-refractivity contribution is 9.10. The highest BCUT2D eigenvalue weighted by Gasteiger charge is 2.41. The van der Waals surface area contributed by atoms with E-state index in [1.165, 1.54) is 6.07 Å². The number of thiocarbonyl (C=S) groups is 1. The molecule has 1 aromatic carbocycles. The molecule has 1 aliphatic heterocycles. The molecular weight excluding hydrogens is 479 g/mol. The maximum absolute atomic E-state index is 14.5. The normalized spacial score (nSPS) is 18.6. The maximum atomic E-state index is 14.5. The van der Waals surface area contributed by atoms with Crippen molar-refractivity contribution < 1.29 is 8.81 Å². The molecule has 1 N–H and O–H groups in total. The van der Waals surface area contributed by atoms with E-state index in [2.05, 4.69) is 50.1 Å². The molecular formula is C23H24BrFN4OS. The van der Waals surface area contributed by atoms with E-state index in [1.54, 1.807) is 18.3 Å². The second-order valence-corrected chi connectivity index (χ2v) is 9.11. The molecule has 1 saturated heterocycles. The Hall–Kier alpha value is -2.29. The number of pyridine rings is 1. The smallest absolute Gasteiger partial charge is 0.170 e. The van der Waals surface area contributed by atoms with Crippen molar-refractivity contribution in [1.82, 2.24) is 20.1 Å². The number of furan rings is 1. The molecule has 1 fully saturated rings. The predicted molar refractivity (Wildman–Crippen MR) is 127 cm³/mol. The Kier molecular flexibility index (Phi) is 6.69. The third-order valence-corrected chi connectivity index (χ3v) is 6.16. The zero-order chi connectivity index (χ0) is 22.0. The Balaban J connectivity index is 1.68. The molecule has 0 aliphatic carbocycles. The van der Waals surface area contributed by atoms with Crippen molar-refractivity contribution in [3.05, 3.63) is 76.5 Å². The van der Waals surface area contributed by atoms with Crippen LogP contribution in [0.25, 0.3) is 11.3 Å². The highest BCUT2D eigenvalue weighted by atomic mass is 79.9. The topological polar surface area (TPSA) is 44.5 Å². The van der Waals surface area contributed by atoms with Crippen LogP contribution in [-0.2, 0) is 0 Å². The molecule has 162 valence electrons. The molecule has 4 rings (SSSR count). The minimum absolute atomic E-state index is 0.151. The van der Waals surface area contributed by atoms with Crippen LogP contribution in [0.2, 0.25) is 0 Å². The Morgan fingerprint density at radius 2 is 2.06 bits per heavy atom. The molecule has 0 radical (unpaired) electrons. The van der Waals surface area contributed by atoms with Gasteiger partial charge < -0.3 is 19.5 Å². The molecule has 3 heterocycles. The summed E-state index contributed by atoms with van der Waals surface area (Å²) >= 11 is 8.98. The van der Waals surface area contributed by atoms with Gasteiger partial charge >= 0.3 is 0 Å². The highest BCUT2D eigenvalue weighted by Crippen LogP contribution is 2.40. The summed E-state index contributed by atoms with van der Waals surface area (Å²) in [5.41, 5.74) is 1.31. The van der Waals surface area contributed by atoms with E-state index in [0.29, 0.717) is 20.9 Å². The zero-order valence-electron chi connectivity index (χ0n) is 17.4. The molecule has 2 aromatic heterocycles. The quantitative estimate of drug-likeness (QED) is 0.449. The van der Waals surface area contributed by atoms with Crippen LogP contribution in [0.1, 0.15) is 30.0 Å². The van der Waals surface area contributed by atoms with Gasteiger partial charge in [-0.3, -0.25) is 4.98 Å². The summed E-state index contributed by atoms with van der Waals surface area (Å²) < 4.78 is 21.4. The minimum Gasteiger partial charge on any atom is -0.459 e. The summed E-state index contributed by atoms with van der Waals surface area (Å²) in [4.78, 5) is 8.84. The number of rotatable bonds is 7.